The number of allylic oxidation sites excluding steroid dienone is 2. The van der Waals surface area contributed by atoms with Gasteiger partial charge in [-0.2, -0.15) is 0 Å². The molecule has 5 aliphatic rings. The second-order valence-electron chi connectivity index (χ2n) is 12.6. The third kappa shape index (κ3) is 4.23. The molecule has 0 amide bonds. The van der Waals surface area contributed by atoms with Crippen LogP contribution in [-0.2, 0) is 14.3 Å². The summed E-state index contributed by atoms with van der Waals surface area (Å²) in [6.45, 7) is 9.85. The van der Waals surface area contributed by atoms with E-state index in [0.717, 1.165) is 56.3 Å². The molecule has 0 aromatic rings. The van der Waals surface area contributed by atoms with Crippen LogP contribution < -0.4 is 0 Å². The van der Waals surface area contributed by atoms with Crippen molar-refractivity contribution < 1.29 is 14.3 Å². The molecule has 0 unspecified atom stereocenters. The van der Waals surface area contributed by atoms with Gasteiger partial charge in [0.1, 0.15) is 6.10 Å². The van der Waals surface area contributed by atoms with Gasteiger partial charge in [-0.3, -0.25) is 9.59 Å². The number of hydrogen-bond acceptors (Lipinski definition) is 4. The first-order chi connectivity index (χ1) is 15.8. The van der Waals surface area contributed by atoms with Crippen molar-refractivity contribution in [2.75, 3.05) is 19.6 Å². The molecule has 4 aliphatic carbocycles. The Balaban J connectivity index is 1.18. The van der Waals surface area contributed by atoms with Crippen LogP contribution >= 0.6 is 0 Å². The van der Waals surface area contributed by atoms with Crippen molar-refractivity contribution in [3.8, 4) is 0 Å². The number of rotatable bonds is 5. The Morgan fingerprint density at radius 3 is 2.58 bits per heavy atom. The lowest BCUT2D eigenvalue weighted by atomic mass is 9.44. The van der Waals surface area contributed by atoms with Crippen molar-refractivity contribution in [3.05, 3.63) is 11.6 Å². The molecule has 33 heavy (non-hydrogen) atoms. The predicted octanol–water partition coefficient (Wildman–Crippen LogP) is 5.94. The normalized spacial score (nSPS) is 43.1. The van der Waals surface area contributed by atoms with E-state index in [1.54, 1.807) is 6.92 Å². The van der Waals surface area contributed by atoms with Gasteiger partial charge < -0.3 is 9.64 Å². The number of hydrogen-bond donors (Lipinski definition) is 0. The second-order valence-corrected chi connectivity index (χ2v) is 12.6. The minimum atomic E-state index is 0.0186. The second kappa shape index (κ2) is 9.13. The van der Waals surface area contributed by atoms with Gasteiger partial charge in [-0.15, -0.1) is 0 Å². The number of nitrogens with zero attached hydrogens (tertiary/aromatic N) is 1. The fourth-order valence-electron chi connectivity index (χ4n) is 9.12. The number of piperidine rings is 1. The van der Waals surface area contributed by atoms with E-state index in [9.17, 15) is 9.59 Å². The summed E-state index contributed by atoms with van der Waals surface area (Å²) in [5.41, 5.74) is 1.61. The average molecular weight is 456 g/mol. The molecule has 0 spiro atoms. The highest BCUT2D eigenvalue weighted by atomic mass is 16.5. The number of ether oxygens (including phenoxy) is 1. The van der Waals surface area contributed by atoms with E-state index in [1.165, 1.54) is 51.4 Å². The van der Waals surface area contributed by atoms with Crippen molar-refractivity contribution in [2.24, 2.45) is 34.5 Å². The Hall–Kier alpha value is -1.16. The summed E-state index contributed by atoms with van der Waals surface area (Å²) >= 11 is 0. The number of ketones is 1. The van der Waals surface area contributed by atoms with Gasteiger partial charge in [0.15, 0.2) is 5.78 Å². The van der Waals surface area contributed by atoms with E-state index in [-0.39, 0.29) is 17.5 Å². The van der Waals surface area contributed by atoms with Crippen molar-refractivity contribution in [1.29, 1.82) is 0 Å². The number of carbonyl (C=O) groups excluding carboxylic acids is 2. The molecule has 0 radical (unpaired) electrons. The number of likely N-dealkylation sites (tertiary alicyclic amines) is 1. The van der Waals surface area contributed by atoms with Crippen LogP contribution in [0.1, 0.15) is 97.8 Å². The molecule has 4 nitrogen and oxygen atoms in total. The van der Waals surface area contributed by atoms with E-state index < -0.39 is 0 Å². The summed E-state index contributed by atoms with van der Waals surface area (Å²) < 4.78 is 6.03. The van der Waals surface area contributed by atoms with E-state index in [0.29, 0.717) is 29.5 Å². The largest absolute Gasteiger partial charge is 0.462 e. The average Bonchev–Trinajstić information content (AvgIpc) is 3.16. The Bertz CT molecular complexity index is 799. The summed E-state index contributed by atoms with van der Waals surface area (Å²) in [5.74, 6) is 3.16. The molecule has 4 fully saturated rings. The number of fused-ring (bicyclic) bond motifs is 5. The van der Waals surface area contributed by atoms with Crippen molar-refractivity contribution >= 4 is 11.8 Å². The van der Waals surface area contributed by atoms with E-state index in [2.05, 4.69) is 24.8 Å². The summed E-state index contributed by atoms with van der Waals surface area (Å²) in [6.07, 6.45) is 16.2. The number of carbonyl (C=O) groups is 2. The molecule has 3 saturated carbocycles. The highest BCUT2D eigenvalue weighted by molar-refractivity contribution is 5.95. The highest BCUT2D eigenvalue weighted by Gasteiger charge is 2.59. The fraction of sp³-hybridized carbons (Fsp3) is 0.862. The maximum Gasteiger partial charge on any atom is 0.307 e. The first-order valence-electron chi connectivity index (χ1n) is 13.9. The van der Waals surface area contributed by atoms with Crippen molar-refractivity contribution in [1.82, 2.24) is 4.90 Å². The van der Waals surface area contributed by atoms with Crippen LogP contribution in [0.3, 0.4) is 0 Å². The van der Waals surface area contributed by atoms with Crippen LogP contribution in [0.5, 0.6) is 0 Å². The smallest absolute Gasteiger partial charge is 0.307 e. The predicted molar refractivity (Wildman–Crippen MR) is 131 cm³/mol. The first-order valence-corrected chi connectivity index (χ1v) is 13.9. The maximum atomic E-state index is 12.6. The molecular formula is C29H45NO3. The van der Waals surface area contributed by atoms with Gasteiger partial charge in [0, 0.05) is 6.54 Å². The lowest BCUT2D eigenvalue weighted by Crippen LogP contribution is -2.54. The minimum Gasteiger partial charge on any atom is -0.462 e. The van der Waals surface area contributed by atoms with Gasteiger partial charge in [0.2, 0.25) is 0 Å². The van der Waals surface area contributed by atoms with Gasteiger partial charge in [-0.05, 0) is 124 Å². The summed E-state index contributed by atoms with van der Waals surface area (Å²) in [6, 6.07) is 0. The summed E-state index contributed by atoms with van der Waals surface area (Å²) in [4.78, 5) is 27.3. The number of Topliss-reactive ketones (excluding diaryl/α,β-unsaturated/α-hetero) is 1. The molecule has 0 aromatic heterocycles. The van der Waals surface area contributed by atoms with Gasteiger partial charge in [-0.25, -0.2) is 0 Å². The first kappa shape index (κ1) is 23.6. The molecular weight excluding hydrogens is 410 g/mol. The fourth-order valence-corrected chi connectivity index (χ4v) is 9.12. The van der Waals surface area contributed by atoms with E-state index >= 15 is 0 Å². The van der Waals surface area contributed by atoms with Crippen LogP contribution in [-0.4, -0.2) is 42.4 Å². The lowest BCUT2D eigenvalue weighted by molar-refractivity contribution is -0.161. The van der Waals surface area contributed by atoms with Crippen LogP contribution in [0.25, 0.3) is 0 Å². The highest BCUT2D eigenvalue weighted by Crippen LogP contribution is 2.66. The molecule has 1 saturated heterocycles. The lowest BCUT2D eigenvalue weighted by Gasteiger charge is -2.60. The molecule has 1 heterocycles. The van der Waals surface area contributed by atoms with Crippen molar-refractivity contribution in [2.45, 2.75) is 104 Å². The van der Waals surface area contributed by atoms with Crippen molar-refractivity contribution in [3.63, 3.8) is 0 Å². The van der Waals surface area contributed by atoms with Gasteiger partial charge in [0.05, 0.1) is 6.42 Å². The van der Waals surface area contributed by atoms with E-state index in [4.69, 9.17) is 4.74 Å². The third-order valence-electron chi connectivity index (χ3n) is 11.0. The Morgan fingerprint density at radius 2 is 1.82 bits per heavy atom. The number of esters is 1. The Kier molecular flexibility index (Phi) is 6.52. The maximum absolute atomic E-state index is 12.6. The van der Waals surface area contributed by atoms with Gasteiger partial charge >= 0.3 is 5.97 Å². The quantitative estimate of drug-likeness (QED) is 0.481. The van der Waals surface area contributed by atoms with Crippen LogP contribution in [0.4, 0.5) is 0 Å². The zero-order valence-corrected chi connectivity index (χ0v) is 21.2. The standard InChI is InChI=1S/C29H45NO3/c1-20(31)24-9-10-25-23-8-7-21-19-22(33-27(32)13-18-30-16-5-4-6-17-30)11-14-28(21,2)26(23)12-15-29(24,25)3/h9,21-23,25-26H,4-8,10-19H2,1-3H3/t21-,22-,23+,25-,26-,28-,29+/m0/s1. The summed E-state index contributed by atoms with van der Waals surface area (Å²) in [7, 11) is 0. The molecule has 4 heteroatoms. The molecule has 184 valence electrons. The zero-order chi connectivity index (χ0) is 23.2. The Labute approximate surface area is 200 Å². The molecule has 7 atom stereocenters. The minimum absolute atomic E-state index is 0.0186. The topological polar surface area (TPSA) is 46.6 Å². The molecule has 0 aromatic carbocycles. The van der Waals surface area contributed by atoms with E-state index in [1.807, 2.05) is 0 Å². The molecule has 0 bridgehead atoms. The Morgan fingerprint density at radius 1 is 1.03 bits per heavy atom. The van der Waals surface area contributed by atoms with Gasteiger partial charge in [-0.1, -0.05) is 26.3 Å². The molecule has 0 N–H and O–H groups in total. The van der Waals surface area contributed by atoms with Gasteiger partial charge in [0.25, 0.3) is 0 Å². The van der Waals surface area contributed by atoms with Crippen LogP contribution in [0, 0.1) is 34.5 Å². The monoisotopic (exact) mass is 455 g/mol. The zero-order valence-electron chi connectivity index (χ0n) is 21.2. The third-order valence-corrected chi connectivity index (χ3v) is 11.0. The molecule has 1 aliphatic heterocycles. The molecule has 5 rings (SSSR count). The summed E-state index contributed by atoms with van der Waals surface area (Å²) in [5, 5.41) is 0. The van der Waals surface area contributed by atoms with Crippen LogP contribution in [0.2, 0.25) is 0 Å². The SMILES string of the molecule is CC(=O)C1=CC[C@H]2[C@H]3CC[C@H]4C[C@@H](OC(=O)CCN5CCCCC5)CC[C@]4(C)[C@H]3CC[C@]12C. The van der Waals surface area contributed by atoms with Crippen LogP contribution in [0.15, 0.2) is 11.6 Å².